The Morgan fingerprint density at radius 1 is 1.24 bits per heavy atom. The summed E-state index contributed by atoms with van der Waals surface area (Å²) in [6.45, 7) is 3.05. The van der Waals surface area contributed by atoms with Crippen LogP contribution in [0, 0.1) is 15.9 Å². The lowest BCUT2D eigenvalue weighted by Gasteiger charge is -2.23. The molecular weight excluding hydrogens is 599 g/mol. The highest BCUT2D eigenvalue weighted by atomic mass is 127. The first kappa shape index (κ1) is 26.5. The van der Waals surface area contributed by atoms with Crippen LogP contribution in [0.2, 0.25) is 0 Å². The first-order chi connectivity index (χ1) is 18.4. The van der Waals surface area contributed by atoms with E-state index in [-0.39, 0.29) is 18.9 Å². The average Bonchev–Trinajstić information content (AvgIpc) is 3.57. The van der Waals surface area contributed by atoms with E-state index < -0.39 is 0 Å². The summed E-state index contributed by atoms with van der Waals surface area (Å²) in [5.41, 5.74) is 3.99. The van der Waals surface area contributed by atoms with E-state index >= 15 is 0 Å². The van der Waals surface area contributed by atoms with E-state index in [0.717, 1.165) is 51.5 Å². The molecule has 0 spiro atoms. The van der Waals surface area contributed by atoms with Crippen LogP contribution in [0.3, 0.4) is 0 Å². The minimum absolute atomic E-state index is 0.0931. The van der Waals surface area contributed by atoms with Crippen molar-refractivity contribution >= 4 is 33.5 Å². The van der Waals surface area contributed by atoms with Gasteiger partial charge < -0.3 is 19.3 Å². The summed E-state index contributed by atoms with van der Waals surface area (Å²) in [7, 11) is 3.66. The van der Waals surface area contributed by atoms with Crippen molar-refractivity contribution in [2.24, 2.45) is 14.1 Å². The second-order valence-electron chi connectivity index (χ2n) is 9.39. The van der Waals surface area contributed by atoms with Crippen LogP contribution in [0.4, 0.5) is 0 Å². The van der Waals surface area contributed by atoms with Crippen LogP contribution in [-0.4, -0.2) is 53.8 Å². The third-order valence-corrected chi connectivity index (χ3v) is 7.78. The zero-order valence-corrected chi connectivity index (χ0v) is 23.9. The molecule has 1 aliphatic heterocycles. The summed E-state index contributed by atoms with van der Waals surface area (Å²) in [5.74, 6) is 4.04. The molecule has 0 saturated carbocycles. The summed E-state index contributed by atoms with van der Waals surface area (Å²) in [4.78, 5) is 0. The van der Waals surface area contributed by atoms with Gasteiger partial charge >= 0.3 is 0 Å². The van der Waals surface area contributed by atoms with Crippen LogP contribution in [0.15, 0.2) is 24.4 Å². The summed E-state index contributed by atoms with van der Waals surface area (Å²) in [6, 6.07) is 6.14. The molecule has 0 amide bonds. The van der Waals surface area contributed by atoms with Gasteiger partial charge in [-0.3, -0.25) is 0 Å². The van der Waals surface area contributed by atoms with Crippen molar-refractivity contribution in [2.75, 3.05) is 13.2 Å². The van der Waals surface area contributed by atoms with Gasteiger partial charge in [-0.15, -0.1) is 6.42 Å². The third kappa shape index (κ3) is 5.12. The molecule has 2 unspecified atom stereocenters. The van der Waals surface area contributed by atoms with E-state index in [1.807, 2.05) is 30.8 Å². The fourth-order valence-electron chi connectivity index (χ4n) is 4.68. The predicted molar refractivity (Wildman–Crippen MR) is 151 cm³/mol. The van der Waals surface area contributed by atoms with Gasteiger partial charge in [-0.1, -0.05) is 6.07 Å². The Balaban J connectivity index is 1.33. The Morgan fingerprint density at radius 3 is 2.79 bits per heavy atom. The van der Waals surface area contributed by atoms with E-state index in [0.29, 0.717) is 36.2 Å². The Morgan fingerprint density at radius 2 is 2.08 bits per heavy atom. The minimum Gasteiger partial charge on any atom is -0.477 e. The van der Waals surface area contributed by atoms with Crippen molar-refractivity contribution in [3.63, 3.8) is 0 Å². The van der Waals surface area contributed by atoms with Crippen molar-refractivity contribution in [3.05, 3.63) is 39.4 Å². The standard InChI is InChI=1S/C27H31IN6O4/c1-5-21-19-14-18(9-10-23(19)34(31-21)24-8-6-7-12-36-24)20-15-29-32(3)26(20)38-17(2)11-13-37-27-25(28)22(16-35)30-33(27)4/h1,9-10,14-15,17,24,35H,6-8,11-13,16H2,2-4H3. The van der Waals surface area contributed by atoms with E-state index in [1.54, 1.807) is 22.6 Å². The number of aryl methyl sites for hydroxylation is 2. The second kappa shape index (κ2) is 11.3. The number of aliphatic hydroxyl groups is 1. The number of nitrogens with zero attached hydrogens (tertiary/aromatic N) is 6. The lowest BCUT2D eigenvalue weighted by Crippen LogP contribution is -2.19. The first-order valence-electron chi connectivity index (χ1n) is 12.7. The summed E-state index contributed by atoms with van der Waals surface area (Å²) >= 11 is 2.14. The Kier molecular flexibility index (Phi) is 7.92. The molecule has 1 aromatic carbocycles. The number of aliphatic hydroxyl groups excluding tert-OH is 1. The Bertz CT molecular complexity index is 1480. The maximum absolute atomic E-state index is 9.42. The Labute approximate surface area is 235 Å². The summed E-state index contributed by atoms with van der Waals surface area (Å²) in [6.07, 6.45) is 11.2. The SMILES string of the molecule is C#Cc1nn(C2CCCCO2)c2ccc(-c3cnn(C)c3OC(C)CCOc3c(I)c(CO)nn3C)cc12. The van der Waals surface area contributed by atoms with Crippen molar-refractivity contribution in [1.29, 1.82) is 0 Å². The molecular formula is C27H31IN6O4. The molecule has 3 aromatic heterocycles. The quantitative estimate of drug-likeness (QED) is 0.219. The van der Waals surface area contributed by atoms with Crippen LogP contribution in [-0.2, 0) is 25.4 Å². The molecule has 2 atom stereocenters. The molecule has 1 fully saturated rings. The number of aromatic nitrogens is 6. The fourth-order valence-corrected chi connectivity index (χ4v) is 5.46. The summed E-state index contributed by atoms with van der Waals surface area (Å²) in [5, 5.41) is 23.7. The highest BCUT2D eigenvalue weighted by Gasteiger charge is 2.22. The molecule has 10 nitrogen and oxygen atoms in total. The third-order valence-electron chi connectivity index (χ3n) is 6.70. The van der Waals surface area contributed by atoms with E-state index in [2.05, 4.69) is 49.9 Å². The monoisotopic (exact) mass is 630 g/mol. The molecule has 11 heteroatoms. The molecule has 1 N–H and O–H groups in total. The number of hydrogen-bond acceptors (Lipinski definition) is 7. The average molecular weight is 630 g/mol. The number of benzene rings is 1. The number of terminal acetylenes is 1. The molecule has 0 bridgehead atoms. The minimum atomic E-state index is -0.136. The van der Waals surface area contributed by atoms with Gasteiger partial charge in [-0.05, 0) is 72.4 Å². The van der Waals surface area contributed by atoms with Gasteiger partial charge in [0.15, 0.2) is 6.23 Å². The zero-order valence-electron chi connectivity index (χ0n) is 21.7. The largest absolute Gasteiger partial charge is 0.477 e. The molecule has 0 radical (unpaired) electrons. The van der Waals surface area contributed by atoms with Gasteiger partial charge in [0.2, 0.25) is 11.8 Å². The van der Waals surface area contributed by atoms with Crippen LogP contribution >= 0.6 is 22.6 Å². The van der Waals surface area contributed by atoms with Crippen molar-refractivity contribution in [2.45, 2.75) is 51.5 Å². The zero-order chi connectivity index (χ0) is 26.8. The molecule has 200 valence electrons. The Hall–Kier alpha value is -3.08. The van der Waals surface area contributed by atoms with Crippen LogP contribution in [0.5, 0.6) is 11.8 Å². The molecule has 0 aliphatic carbocycles. The van der Waals surface area contributed by atoms with Gasteiger partial charge in [0.1, 0.15) is 21.1 Å². The number of rotatable bonds is 9. The maximum Gasteiger partial charge on any atom is 0.225 e. The smallest absolute Gasteiger partial charge is 0.225 e. The molecule has 1 aliphatic rings. The topological polar surface area (TPSA) is 101 Å². The van der Waals surface area contributed by atoms with Crippen molar-refractivity contribution in [3.8, 4) is 35.2 Å². The molecule has 4 aromatic rings. The number of hydrogen-bond donors (Lipinski definition) is 1. The molecule has 4 heterocycles. The van der Waals surface area contributed by atoms with Crippen LogP contribution < -0.4 is 9.47 Å². The normalized spacial score (nSPS) is 16.5. The van der Waals surface area contributed by atoms with Gasteiger partial charge in [-0.2, -0.15) is 15.3 Å². The number of fused-ring (bicyclic) bond motifs is 1. The molecule has 38 heavy (non-hydrogen) atoms. The van der Waals surface area contributed by atoms with Gasteiger partial charge in [-0.25, -0.2) is 14.0 Å². The highest BCUT2D eigenvalue weighted by Crippen LogP contribution is 2.35. The van der Waals surface area contributed by atoms with E-state index in [4.69, 9.17) is 20.6 Å². The number of halogens is 1. The second-order valence-corrected chi connectivity index (χ2v) is 10.5. The van der Waals surface area contributed by atoms with E-state index in [1.165, 1.54) is 0 Å². The fraction of sp³-hybridized carbons (Fsp3) is 0.444. The highest BCUT2D eigenvalue weighted by molar-refractivity contribution is 14.1. The van der Waals surface area contributed by atoms with Gasteiger partial charge in [0.25, 0.3) is 0 Å². The lowest BCUT2D eigenvalue weighted by atomic mass is 10.1. The lowest BCUT2D eigenvalue weighted by molar-refractivity contribution is -0.0367. The van der Waals surface area contributed by atoms with E-state index in [9.17, 15) is 5.11 Å². The van der Waals surface area contributed by atoms with Crippen molar-refractivity contribution in [1.82, 2.24) is 29.3 Å². The van der Waals surface area contributed by atoms with Crippen molar-refractivity contribution < 1.29 is 19.3 Å². The molecule has 1 saturated heterocycles. The number of ether oxygens (including phenoxy) is 3. The van der Waals surface area contributed by atoms with Crippen LogP contribution in [0.1, 0.15) is 50.2 Å². The van der Waals surface area contributed by atoms with Gasteiger partial charge in [0, 0.05) is 32.5 Å². The summed E-state index contributed by atoms with van der Waals surface area (Å²) < 4.78 is 24.4. The first-order valence-corrected chi connectivity index (χ1v) is 13.7. The predicted octanol–water partition coefficient (Wildman–Crippen LogP) is 4.18. The maximum atomic E-state index is 9.42. The van der Waals surface area contributed by atoms with Gasteiger partial charge in [0.05, 0.1) is 30.5 Å². The van der Waals surface area contributed by atoms with Crippen LogP contribution in [0.25, 0.3) is 22.0 Å². The molecule has 5 rings (SSSR count).